The predicted molar refractivity (Wildman–Crippen MR) is 73.4 cm³/mol. The summed E-state index contributed by atoms with van der Waals surface area (Å²) in [7, 11) is 0. The van der Waals surface area contributed by atoms with Crippen LogP contribution in [0.25, 0.3) is 0 Å². The molecule has 0 spiro atoms. The van der Waals surface area contributed by atoms with Crippen LogP contribution in [0.1, 0.15) is 36.8 Å². The lowest BCUT2D eigenvalue weighted by Gasteiger charge is -2.02. The van der Waals surface area contributed by atoms with E-state index >= 15 is 0 Å². The zero-order chi connectivity index (χ0) is 12.5. The summed E-state index contributed by atoms with van der Waals surface area (Å²) in [5.41, 5.74) is 2.67. The molecule has 1 N–H and O–H groups in total. The van der Waals surface area contributed by atoms with Crippen LogP contribution in [0.4, 0.5) is 0 Å². The maximum absolute atomic E-state index is 10.3. The van der Waals surface area contributed by atoms with Gasteiger partial charge in [0.15, 0.2) is 0 Å². The van der Waals surface area contributed by atoms with Crippen molar-refractivity contribution >= 4 is 17.7 Å². The van der Waals surface area contributed by atoms with Crippen molar-refractivity contribution in [2.24, 2.45) is 0 Å². The fourth-order valence-corrected chi connectivity index (χ4v) is 2.51. The van der Waals surface area contributed by atoms with Gasteiger partial charge in [0.1, 0.15) is 0 Å². The van der Waals surface area contributed by atoms with Gasteiger partial charge in [-0.1, -0.05) is 36.2 Å². The first-order chi connectivity index (χ1) is 8.18. The molecule has 0 heterocycles. The molecule has 0 saturated carbocycles. The molecule has 1 aromatic carbocycles. The maximum atomic E-state index is 10.3. The molecule has 0 aliphatic heterocycles. The van der Waals surface area contributed by atoms with E-state index in [2.05, 4.69) is 31.2 Å². The van der Waals surface area contributed by atoms with Crippen LogP contribution in [0.3, 0.4) is 0 Å². The lowest BCUT2D eigenvalue weighted by atomic mass is 10.2. The molecule has 3 heteroatoms. The zero-order valence-corrected chi connectivity index (χ0v) is 11.1. The summed E-state index contributed by atoms with van der Waals surface area (Å²) in [4.78, 5) is 10.3. The lowest BCUT2D eigenvalue weighted by molar-refractivity contribution is -0.137. The van der Waals surface area contributed by atoms with Gasteiger partial charge < -0.3 is 5.11 Å². The van der Waals surface area contributed by atoms with Crippen molar-refractivity contribution < 1.29 is 9.90 Å². The highest BCUT2D eigenvalue weighted by Gasteiger charge is 1.97. The minimum Gasteiger partial charge on any atom is -0.481 e. The van der Waals surface area contributed by atoms with Gasteiger partial charge in [-0.15, -0.1) is 0 Å². The van der Waals surface area contributed by atoms with Gasteiger partial charge in [0.25, 0.3) is 0 Å². The Morgan fingerprint density at radius 2 is 1.88 bits per heavy atom. The molecule has 0 atom stereocenters. The van der Waals surface area contributed by atoms with Crippen LogP contribution in [0.15, 0.2) is 24.3 Å². The van der Waals surface area contributed by atoms with Crippen LogP contribution in [0.5, 0.6) is 0 Å². The highest BCUT2D eigenvalue weighted by atomic mass is 32.2. The molecule has 0 bridgehead atoms. The Hall–Kier alpha value is -0.960. The van der Waals surface area contributed by atoms with Crippen molar-refractivity contribution in [2.75, 3.05) is 5.75 Å². The van der Waals surface area contributed by atoms with E-state index in [9.17, 15) is 4.79 Å². The molecule has 17 heavy (non-hydrogen) atoms. The van der Waals surface area contributed by atoms with Crippen molar-refractivity contribution in [3.05, 3.63) is 35.4 Å². The number of hydrogen-bond donors (Lipinski definition) is 1. The molecule has 0 saturated heterocycles. The van der Waals surface area contributed by atoms with Crippen LogP contribution < -0.4 is 0 Å². The number of rotatable bonds is 8. The molecular formula is C14H20O2S. The molecule has 0 unspecified atom stereocenters. The molecule has 1 aromatic rings. The number of unbranched alkanes of at least 4 members (excludes halogenated alkanes) is 2. The standard InChI is InChI=1S/C14H20O2S/c1-12-6-8-13(9-7-12)11-17-10-4-2-3-5-14(15)16/h6-9H,2-5,10-11H2,1H3,(H,15,16). The molecule has 2 nitrogen and oxygen atoms in total. The Morgan fingerprint density at radius 3 is 2.53 bits per heavy atom. The number of carboxylic acids is 1. The van der Waals surface area contributed by atoms with Crippen LogP contribution in [-0.2, 0) is 10.5 Å². The monoisotopic (exact) mass is 252 g/mol. The van der Waals surface area contributed by atoms with Crippen LogP contribution in [-0.4, -0.2) is 16.8 Å². The summed E-state index contributed by atoms with van der Waals surface area (Å²) in [6, 6.07) is 8.63. The van der Waals surface area contributed by atoms with Gasteiger partial charge in [0.05, 0.1) is 0 Å². The summed E-state index contributed by atoms with van der Waals surface area (Å²) >= 11 is 1.92. The number of carbonyl (C=O) groups is 1. The Labute approximate surface area is 107 Å². The van der Waals surface area contributed by atoms with E-state index in [0.717, 1.165) is 30.8 Å². The fraction of sp³-hybridized carbons (Fsp3) is 0.500. The topological polar surface area (TPSA) is 37.3 Å². The van der Waals surface area contributed by atoms with Crippen molar-refractivity contribution in [2.45, 2.75) is 38.4 Å². The molecule has 0 aromatic heterocycles. The van der Waals surface area contributed by atoms with Gasteiger partial charge in [-0.05, 0) is 31.1 Å². The normalized spacial score (nSPS) is 10.4. The highest BCUT2D eigenvalue weighted by molar-refractivity contribution is 7.98. The number of thioether (sulfide) groups is 1. The summed E-state index contributed by atoms with van der Waals surface area (Å²) < 4.78 is 0. The summed E-state index contributed by atoms with van der Waals surface area (Å²) in [5, 5.41) is 8.48. The van der Waals surface area contributed by atoms with Crippen molar-refractivity contribution in [3.63, 3.8) is 0 Å². The average molecular weight is 252 g/mol. The van der Waals surface area contributed by atoms with E-state index in [-0.39, 0.29) is 0 Å². The minimum atomic E-state index is -0.683. The molecule has 0 radical (unpaired) electrons. The van der Waals surface area contributed by atoms with Crippen LogP contribution in [0, 0.1) is 6.92 Å². The Bertz CT molecular complexity index is 333. The van der Waals surface area contributed by atoms with Gasteiger partial charge in [-0.3, -0.25) is 4.79 Å². The Balaban J connectivity index is 2.01. The number of aryl methyl sites for hydroxylation is 1. The largest absolute Gasteiger partial charge is 0.481 e. The lowest BCUT2D eigenvalue weighted by Crippen LogP contribution is -1.94. The van der Waals surface area contributed by atoms with E-state index in [4.69, 9.17) is 5.11 Å². The van der Waals surface area contributed by atoms with Crippen LogP contribution in [0.2, 0.25) is 0 Å². The summed E-state index contributed by atoms with van der Waals surface area (Å²) in [6.07, 6.45) is 3.25. The molecular weight excluding hydrogens is 232 g/mol. The zero-order valence-electron chi connectivity index (χ0n) is 10.3. The second-order valence-electron chi connectivity index (χ2n) is 4.24. The average Bonchev–Trinajstić information content (AvgIpc) is 2.30. The minimum absolute atomic E-state index is 0.308. The number of benzene rings is 1. The first-order valence-electron chi connectivity index (χ1n) is 6.03. The van der Waals surface area contributed by atoms with Gasteiger partial charge in [-0.25, -0.2) is 0 Å². The van der Waals surface area contributed by atoms with E-state index in [1.807, 2.05) is 11.8 Å². The Morgan fingerprint density at radius 1 is 1.18 bits per heavy atom. The van der Waals surface area contributed by atoms with E-state index in [1.165, 1.54) is 11.1 Å². The third kappa shape index (κ3) is 7.05. The molecule has 94 valence electrons. The fourth-order valence-electron chi connectivity index (χ4n) is 1.53. The Kier molecular flexibility index (Phi) is 6.78. The number of hydrogen-bond acceptors (Lipinski definition) is 2. The highest BCUT2D eigenvalue weighted by Crippen LogP contribution is 2.15. The van der Waals surface area contributed by atoms with Crippen molar-refractivity contribution in [1.29, 1.82) is 0 Å². The molecule has 0 fully saturated rings. The SMILES string of the molecule is Cc1ccc(CSCCCCCC(=O)O)cc1. The van der Waals surface area contributed by atoms with E-state index in [0.29, 0.717) is 6.42 Å². The first-order valence-corrected chi connectivity index (χ1v) is 7.19. The molecule has 1 rings (SSSR count). The second kappa shape index (κ2) is 8.18. The summed E-state index contributed by atoms with van der Waals surface area (Å²) in [5.74, 6) is 1.49. The third-order valence-electron chi connectivity index (χ3n) is 2.57. The van der Waals surface area contributed by atoms with Gasteiger partial charge in [0, 0.05) is 12.2 Å². The number of aliphatic carboxylic acids is 1. The molecule has 0 aliphatic rings. The van der Waals surface area contributed by atoms with Gasteiger partial charge in [-0.2, -0.15) is 11.8 Å². The first kappa shape index (κ1) is 14.1. The summed E-state index contributed by atoms with van der Waals surface area (Å²) in [6.45, 7) is 2.10. The van der Waals surface area contributed by atoms with Gasteiger partial charge >= 0.3 is 5.97 Å². The maximum Gasteiger partial charge on any atom is 0.303 e. The van der Waals surface area contributed by atoms with E-state index < -0.39 is 5.97 Å². The molecule has 0 aliphatic carbocycles. The predicted octanol–water partition coefficient (Wildman–Crippen LogP) is 3.87. The number of carboxylic acid groups (broad SMARTS) is 1. The quantitative estimate of drug-likeness (QED) is 0.714. The van der Waals surface area contributed by atoms with Gasteiger partial charge in [0.2, 0.25) is 0 Å². The van der Waals surface area contributed by atoms with Crippen molar-refractivity contribution in [1.82, 2.24) is 0 Å². The van der Waals surface area contributed by atoms with Crippen molar-refractivity contribution in [3.8, 4) is 0 Å². The second-order valence-corrected chi connectivity index (χ2v) is 5.35. The smallest absolute Gasteiger partial charge is 0.303 e. The van der Waals surface area contributed by atoms with Crippen LogP contribution >= 0.6 is 11.8 Å². The molecule has 0 amide bonds. The van der Waals surface area contributed by atoms with E-state index in [1.54, 1.807) is 0 Å². The third-order valence-corrected chi connectivity index (χ3v) is 3.68.